The maximum Gasteiger partial charge on any atom is 0.305 e. The Morgan fingerprint density at radius 2 is 2.11 bits per heavy atom. The third kappa shape index (κ3) is 3.22. The number of carbonyl (C=O) groups is 2. The van der Waals surface area contributed by atoms with E-state index in [9.17, 15) is 9.59 Å². The van der Waals surface area contributed by atoms with Crippen LogP contribution in [0.3, 0.4) is 0 Å². The zero-order valence-corrected chi connectivity index (χ0v) is 11.8. The Morgan fingerprint density at radius 1 is 1.50 bits per heavy atom. The van der Waals surface area contributed by atoms with Gasteiger partial charge in [0.2, 0.25) is 5.91 Å². The highest BCUT2D eigenvalue weighted by Crippen LogP contribution is 2.27. The molecule has 0 radical (unpaired) electrons. The van der Waals surface area contributed by atoms with E-state index in [2.05, 4.69) is 25.7 Å². The SMILES string of the molecule is CCCCN1C(CC(=O)O)C(=O)N(C)CC1(C)C. The van der Waals surface area contributed by atoms with Crippen LogP contribution < -0.4 is 0 Å². The Bertz CT molecular complexity index is 328. The van der Waals surface area contributed by atoms with E-state index >= 15 is 0 Å². The van der Waals surface area contributed by atoms with Gasteiger partial charge in [0, 0.05) is 19.1 Å². The number of hydrogen-bond acceptors (Lipinski definition) is 3. The summed E-state index contributed by atoms with van der Waals surface area (Å²) in [7, 11) is 1.75. The van der Waals surface area contributed by atoms with Gasteiger partial charge in [-0.15, -0.1) is 0 Å². The fourth-order valence-corrected chi connectivity index (χ4v) is 2.71. The number of aliphatic carboxylic acids is 1. The van der Waals surface area contributed by atoms with Gasteiger partial charge in [-0.25, -0.2) is 0 Å². The van der Waals surface area contributed by atoms with Crippen molar-refractivity contribution in [2.75, 3.05) is 20.1 Å². The van der Waals surface area contributed by atoms with E-state index in [4.69, 9.17) is 5.11 Å². The van der Waals surface area contributed by atoms with Crippen molar-refractivity contribution in [3.8, 4) is 0 Å². The Morgan fingerprint density at radius 3 is 2.61 bits per heavy atom. The third-order valence-corrected chi connectivity index (χ3v) is 3.56. The summed E-state index contributed by atoms with van der Waals surface area (Å²) in [5.41, 5.74) is -0.169. The highest BCUT2D eigenvalue weighted by Gasteiger charge is 2.44. The summed E-state index contributed by atoms with van der Waals surface area (Å²) in [4.78, 5) is 26.8. The van der Waals surface area contributed by atoms with Crippen LogP contribution in [0.15, 0.2) is 0 Å². The first-order valence-corrected chi connectivity index (χ1v) is 6.53. The highest BCUT2D eigenvalue weighted by molar-refractivity contribution is 5.87. The van der Waals surface area contributed by atoms with E-state index in [0.717, 1.165) is 19.4 Å². The van der Waals surface area contributed by atoms with Crippen molar-refractivity contribution >= 4 is 11.9 Å². The standard InChI is InChI=1S/C13H24N2O3/c1-5-6-7-15-10(8-11(16)17)12(18)14(4)9-13(15,2)3/h10H,5-9H2,1-4H3,(H,16,17). The number of piperazine rings is 1. The minimum atomic E-state index is -0.916. The number of unbranched alkanes of at least 4 members (excludes halogenated alkanes) is 1. The van der Waals surface area contributed by atoms with E-state index in [1.807, 2.05) is 0 Å². The molecule has 1 amide bonds. The molecule has 0 bridgehead atoms. The van der Waals surface area contributed by atoms with Crippen molar-refractivity contribution in [1.82, 2.24) is 9.80 Å². The smallest absolute Gasteiger partial charge is 0.305 e. The van der Waals surface area contributed by atoms with E-state index < -0.39 is 12.0 Å². The molecule has 5 nitrogen and oxygen atoms in total. The van der Waals surface area contributed by atoms with Gasteiger partial charge in [0.05, 0.1) is 6.42 Å². The summed E-state index contributed by atoms with van der Waals surface area (Å²) in [5, 5.41) is 8.99. The van der Waals surface area contributed by atoms with Crippen LogP contribution in [0.1, 0.15) is 40.0 Å². The van der Waals surface area contributed by atoms with E-state index in [0.29, 0.717) is 6.54 Å². The van der Waals surface area contributed by atoms with Gasteiger partial charge >= 0.3 is 5.97 Å². The molecule has 1 aliphatic rings. The molecule has 0 aromatic rings. The first kappa shape index (κ1) is 15.0. The van der Waals surface area contributed by atoms with Crippen LogP contribution in [0.2, 0.25) is 0 Å². The lowest BCUT2D eigenvalue weighted by molar-refractivity contribution is -0.154. The zero-order valence-electron chi connectivity index (χ0n) is 11.8. The van der Waals surface area contributed by atoms with Crippen LogP contribution >= 0.6 is 0 Å². The topological polar surface area (TPSA) is 60.9 Å². The van der Waals surface area contributed by atoms with Gasteiger partial charge in [0.25, 0.3) is 0 Å². The Balaban J connectivity index is 2.94. The monoisotopic (exact) mass is 256 g/mol. The van der Waals surface area contributed by atoms with Gasteiger partial charge < -0.3 is 10.0 Å². The van der Waals surface area contributed by atoms with Crippen molar-refractivity contribution in [2.45, 2.75) is 51.6 Å². The average Bonchev–Trinajstić information content (AvgIpc) is 2.23. The molecular formula is C13H24N2O3. The van der Waals surface area contributed by atoms with Crippen LogP contribution in [0.25, 0.3) is 0 Å². The van der Waals surface area contributed by atoms with Crippen molar-refractivity contribution in [1.29, 1.82) is 0 Å². The second kappa shape index (κ2) is 5.69. The summed E-state index contributed by atoms with van der Waals surface area (Å²) < 4.78 is 0. The molecule has 18 heavy (non-hydrogen) atoms. The molecule has 1 atom stereocenters. The van der Waals surface area contributed by atoms with Gasteiger partial charge in [-0.05, 0) is 26.8 Å². The lowest BCUT2D eigenvalue weighted by Gasteiger charge is -2.50. The summed E-state index contributed by atoms with van der Waals surface area (Å²) in [6.45, 7) is 7.66. The minimum Gasteiger partial charge on any atom is -0.481 e. The van der Waals surface area contributed by atoms with Crippen LogP contribution in [0.5, 0.6) is 0 Å². The van der Waals surface area contributed by atoms with Crippen LogP contribution in [-0.4, -0.2) is 58.5 Å². The number of likely N-dealkylation sites (N-methyl/N-ethyl adjacent to an activating group) is 1. The largest absolute Gasteiger partial charge is 0.481 e. The maximum atomic E-state index is 12.1. The molecule has 0 spiro atoms. The molecule has 0 aromatic carbocycles. The molecular weight excluding hydrogens is 232 g/mol. The van der Waals surface area contributed by atoms with Gasteiger partial charge in [0.15, 0.2) is 0 Å². The van der Waals surface area contributed by atoms with Crippen molar-refractivity contribution in [3.63, 3.8) is 0 Å². The maximum absolute atomic E-state index is 12.1. The number of carbonyl (C=O) groups excluding carboxylic acids is 1. The second-order valence-electron chi connectivity index (χ2n) is 5.67. The quantitative estimate of drug-likeness (QED) is 0.802. The number of amides is 1. The molecule has 0 aromatic heterocycles. The number of rotatable bonds is 5. The Kier molecular flexibility index (Phi) is 4.73. The fraction of sp³-hybridized carbons (Fsp3) is 0.846. The van der Waals surface area contributed by atoms with E-state index in [1.54, 1.807) is 11.9 Å². The van der Waals surface area contributed by atoms with E-state index in [-0.39, 0.29) is 17.9 Å². The normalized spacial score (nSPS) is 24.3. The van der Waals surface area contributed by atoms with Crippen LogP contribution in [0.4, 0.5) is 0 Å². The molecule has 1 aliphatic heterocycles. The molecule has 0 aliphatic carbocycles. The van der Waals surface area contributed by atoms with Gasteiger partial charge in [-0.1, -0.05) is 13.3 Å². The van der Waals surface area contributed by atoms with Crippen molar-refractivity contribution in [3.05, 3.63) is 0 Å². The zero-order chi connectivity index (χ0) is 13.9. The molecule has 1 unspecified atom stereocenters. The van der Waals surface area contributed by atoms with Gasteiger partial charge in [0.1, 0.15) is 6.04 Å². The predicted molar refractivity (Wildman–Crippen MR) is 69.4 cm³/mol. The fourth-order valence-electron chi connectivity index (χ4n) is 2.71. The number of carboxylic acid groups (broad SMARTS) is 1. The molecule has 1 saturated heterocycles. The first-order valence-electron chi connectivity index (χ1n) is 6.53. The van der Waals surface area contributed by atoms with E-state index in [1.165, 1.54) is 0 Å². The van der Waals surface area contributed by atoms with Gasteiger partial charge in [-0.2, -0.15) is 0 Å². The summed E-state index contributed by atoms with van der Waals surface area (Å²) in [5.74, 6) is -0.992. The molecule has 104 valence electrons. The summed E-state index contributed by atoms with van der Waals surface area (Å²) in [6, 6.07) is -0.525. The number of hydrogen-bond donors (Lipinski definition) is 1. The second-order valence-corrected chi connectivity index (χ2v) is 5.67. The molecule has 1 fully saturated rings. The van der Waals surface area contributed by atoms with Crippen LogP contribution in [0, 0.1) is 0 Å². The molecule has 1 rings (SSSR count). The first-order chi connectivity index (χ1) is 8.29. The van der Waals surface area contributed by atoms with Crippen molar-refractivity contribution in [2.24, 2.45) is 0 Å². The Hall–Kier alpha value is -1.10. The third-order valence-electron chi connectivity index (χ3n) is 3.56. The van der Waals surface area contributed by atoms with Crippen molar-refractivity contribution < 1.29 is 14.7 Å². The minimum absolute atomic E-state index is 0.0761. The van der Waals surface area contributed by atoms with Gasteiger partial charge in [-0.3, -0.25) is 14.5 Å². The number of nitrogens with zero attached hydrogens (tertiary/aromatic N) is 2. The summed E-state index contributed by atoms with van der Waals surface area (Å²) >= 11 is 0. The average molecular weight is 256 g/mol. The number of carboxylic acids is 1. The van der Waals surface area contributed by atoms with Crippen LogP contribution in [-0.2, 0) is 9.59 Å². The lowest BCUT2D eigenvalue weighted by atomic mass is 9.92. The molecule has 5 heteroatoms. The lowest BCUT2D eigenvalue weighted by Crippen LogP contribution is -2.66. The molecule has 1 heterocycles. The predicted octanol–water partition coefficient (Wildman–Crippen LogP) is 1.18. The summed E-state index contributed by atoms with van der Waals surface area (Å²) in [6.07, 6.45) is 1.91. The Labute approximate surface area is 109 Å². The molecule has 1 N–H and O–H groups in total. The highest BCUT2D eigenvalue weighted by atomic mass is 16.4. The molecule has 0 saturated carbocycles.